The van der Waals surface area contributed by atoms with Crippen molar-refractivity contribution in [1.82, 2.24) is 0 Å². The Morgan fingerprint density at radius 3 is 0.732 bits per heavy atom. The zero-order chi connectivity index (χ0) is 71.7. The summed E-state index contributed by atoms with van der Waals surface area (Å²) in [6, 6.07) is 0. The predicted octanol–water partition coefficient (Wildman–Crippen LogP) is 22.8. The SMILES string of the molecule is CCC(C)CCCCCCCCCCCCCCCCCCCCC(=O)O[C@H](COC(=O)CCCCCCCCCCCCCC(C)C)COP(=O)(O)OC[C@@H](O)COP(=O)(O)OC[C@@H](COC(=O)CCCCCCCCC(C)C)OC(=O)CCCCCCCCCCCC(C)C. The third-order valence-corrected chi connectivity index (χ3v) is 20.3. The molecule has 0 bridgehead atoms. The van der Waals surface area contributed by atoms with Crippen LogP contribution < -0.4 is 0 Å². The normalized spacial score (nSPS) is 14.4. The standard InChI is InChI=1S/C78H152O17P2/c1-9-71(8)57-49-41-32-26-20-16-14-12-10-11-13-15-17-21-28-34-44-52-60-77(82)94-73(64-88-75(80)58-50-42-33-27-22-18-19-24-30-38-46-54-68(2)3)66-92-96(84,85)90-62-72(79)63-91-97(86,87)93-67-74(65-89-76(81)59-51-43-37-36-40-48-56-70(6)7)95-78(83)61-53-45-35-29-23-25-31-39-47-55-69(4)5/h68-74,79H,9-67H2,1-8H3,(H,84,85)(H,86,87)/t71?,72-,73-,74-/m1/s1. The number of rotatable bonds is 75. The average Bonchev–Trinajstić information content (AvgIpc) is 2.04. The van der Waals surface area contributed by atoms with Gasteiger partial charge in [-0.25, -0.2) is 9.13 Å². The van der Waals surface area contributed by atoms with Crippen LogP contribution >= 0.6 is 15.6 Å². The van der Waals surface area contributed by atoms with Gasteiger partial charge in [-0.15, -0.1) is 0 Å². The van der Waals surface area contributed by atoms with E-state index in [4.69, 9.17) is 37.0 Å². The summed E-state index contributed by atoms with van der Waals surface area (Å²) in [6.07, 6.45) is 53.0. The van der Waals surface area contributed by atoms with Crippen molar-refractivity contribution in [3.8, 4) is 0 Å². The largest absolute Gasteiger partial charge is 0.472 e. The van der Waals surface area contributed by atoms with Gasteiger partial charge in [-0.3, -0.25) is 37.3 Å². The van der Waals surface area contributed by atoms with Gasteiger partial charge in [0.25, 0.3) is 0 Å². The van der Waals surface area contributed by atoms with E-state index in [0.29, 0.717) is 31.6 Å². The van der Waals surface area contributed by atoms with Crippen molar-refractivity contribution >= 4 is 39.5 Å². The number of phosphoric ester groups is 2. The molecule has 0 fully saturated rings. The van der Waals surface area contributed by atoms with Crippen LogP contribution in [-0.4, -0.2) is 96.7 Å². The van der Waals surface area contributed by atoms with Crippen LogP contribution in [0.15, 0.2) is 0 Å². The van der Waals surface area contributed by atoms with E-state index in [1.54, 1.807) is 0 Å². The number of unbranched alkanes of at least 4 members (excludes halogenated alkanes) is 40. The molecule has 0 aromatic heterocycles. The van der Waals surface area contributed by atoms with Crippen LogP contribution in [0.4, 0.5) is 0 Å². The molecule has 0 amide bonds. The summed E-state index contributed by atoms with van der Waals surface area (Å²) < 4.78 is 68.5. The minimum absolute atomic E-state index is 0.104. The summed E-state index contributed by atoms with van der Waals surface area (Å²) in [5.74, 6) is 0.936. The van der Waals surface area contributed by atoms with Crippen LogP contribution in [0.25, 0.3) is 0 Å². The fourth-order valence-corrected chi connectivity index (χ4v) is 13.5. The van der Waals surface area contributed by atoms with Crippen LogP contribution in [0.3, 0.4) is 0 Å². The third kappa shape index (κ3) is 70.9. The van der Waals surface area contributed by atoms with Gasteiger partial charge in [0, 0.05) is 25.7 Å². The van der Waals surface area contributed by atoms with Gasteiger partial charge >= 0.3 is 39.5 Å². The number of aliphatic hydroxyl groups excluding tert-OH is 1. The Labute approximate surface area is 594 Å². The molecule has 0 spiro atoms. The summed E-state index contributed by atoms with van der Waals surface area (Å²) in [4.78, 5) is 72.8. The lowest BCUT2D eigenvalue weighted by Gasteiger charge is -2.21. The Morgan fingerprint density at radius 1 is 0.289 bits per heavy atom. The highest BCUT2D eigenvalue weighted by Crippen LogP contribution is 2.45. The molecule has 0 heterocycles. The topological polar surface area (TPSA) is 237 Å². The summed E-state index contributed by atoms with van der Waals surface area (Å²) in [6.45, 7) is 14.2. The number of phosphoric acid groups is 2. The van der Waals surface area contributed by atoms with Gasteiger partial charge in [-0.05, 0) is 49.4 Å². The number of carbonyl (C=O) groups excluding carboxylic acids is 4. The summed E-state index contributed by atoms with van der Waals surface area (Å²) >= 11 is 0. The van der Waals surface area contributed by atoms with Crippen molar-refractivity contribution in [3.05, 3.63) is 0 Å². The Balaban J connectivity index is 5.19. The lowest BCUT2D eigenvalue weighted by Crippen LogP contribution is -2.30. The quantitative estimate of drug-likeness (QED) is 0.0222. The van der Waals surface area contributed by atoms with Gasteiger partial charge in [-0.2, -0.15) is 0 Å². The molecule has 576 valence electrons. The molecule has 0 aliphatic carbocycles. The zero-order valence-electron chi connectivity index (χ0n) is 63.7. The van der Waals surface area contributed by atoms with Crippen LogP contribution in [0.5, 0.6) is 0 Å². The van der Waals surface area contributed by atoms with E-state index in [-0.39, 0.29) is 25.7 Å². The van der Waals surface area contributed by atoms with Gasteiger partial charge in [0.15, 0.2) is 12.2 Å². The first-order valence-corrected chi connectivity index (χ1v) is 43.2. The zero-order valence-corrected chi connectivity index (χ0v) is 65.5. The lowest BCUT2D eigenvalue weighted by molar-refractivity contribution is -0.161. The molecular formula is C78H152O17P2. The van der Waals surface area contributed by atoms with Gasteiger partial charge in [0.1, 0.15) is 19.3 Å². The molecule has 3 unspecified atom stereocenters. The van der Waals surface area contributed by atoms with Crippen LogP contribution in [0.2, 0.25) is 0 Å². The van der Waals surface area contributed by atoms with E-state index in [1.807, 2.05) is 0 Å². The maximum Gasteiger partial charge on any atom is 0.472 e. The van der Waals surface area contributed by atoms with Gasteiger partial charge in [0.05, 0.1) is 26.4 Å². The molecule has 0 rings (SSSR count). The highest BCUT2D eigenvalue weighted by atomic mass is 31.2. The highest BCUT2D eigenvalue weighted by molar-refractivity contribution is 7.47. The fourth-order valence-electron chi connectivity index (χ4n) is 11.9. The molecule has 3 N–H and O–H groups in total. The monoisotopic (exact) mass is 1420 g/mol. The Bertz CT molecular complexity index is 1900. The second kappa shape index (κ2) is 67.2. The van der Waals surface area contributed by atoms with E-state index >= 15 is 0 Å². The number of ether oxygens (including phenoxy) is 4. The van der Waals surface area contributed by atoms with Crippen molar-refractivity contribution in [2.24, 2.45) is 23.7 Å². The minimum atomic E-state index is -4.96. The van der Waals surface area contributed by atoms with Crippen molar-refractivity contribution in [2.75, 3.05) is 39.6 Å². The Kier molecular flexibility index (Phi) is 65.9. The van der Waals surface area contributed by atoms with Crippen LogP contribution in [0.1, 0.15) is 396 Å². The molecule has 0 radical (unpaired) electrons. The summed E-state index contributed by atoms with van der Waals surface area (Å²) in [5, 5.41) is 10.6. The first kappa shape index (κ1) is 95.1. The number of hydrogen-bond acceptors (Lipinski definition) is 15. The van der Waals surface area contributed by atoms with Gasteiger partial charge in [0.2, 0.25) is 0 Å². The van der Waals surface area contributed by atoms with E-state index in [1.165, 1.54) is 193 Å². The second-order valence-corrected chi connectivity index (χ2v) is 32.7. The number of esters is 4. The van der Waals surface area contributed by atoms with Gasteiger partial charge < -0.3 is 33.8 Å². The first-order valence-electron chi connectivity index (χ1n) is 40.2. The molecule has 0 aliphatic rings. The van der Waals surface area contributed by atoms with Crippen LogP contribution in [0, 0.1) is 23.7 Å². The first-order chi connectivity index (χ1) is 46.6. The predicted molar refractivity (Wildman–Crippen MR) is 395 cm³/mol. The Morgan fingerprint density at radius 2 is 0.495 bits per heavy atom. The molecule has 17 nitrogen and oxygen atoms in total. The molecule has 0 saturated carbocycles. The van der Waals surface area contributed by atoms with Crippen LogP contribution in [-0.2, 0) is 65.4 Å². The molecule has 19 heteroatoms. The van der Waals surface area contributed by atoms with Gasteiger partial charge in [-0.1, -0.05) is 344 Å². The maximum absolute atomic E-state index is 13.1. The smallest absolute Gasteiger partial charge is 0.462 e. The van der Waals surface area contributed by atoms with Crippen molar-refractivity contribution < 1.29 is 80.2 Å². The van der Waals surface area contributed by atoms with Crippen molar-refractivity contribution in [3.63, 3.8) is 0 Å². The van der Waals surface area contributed by atoms with E-state index in [0.717, 1.165) is 114 Å². The third-order valence-electron chi connectivity index (χ3n) is 18.4. The molecular weight excluding hydrogens is 1270 g/mol. The lowest BCUT2D eigenvalue weighted by atomic mass is 9.99. The average molecular weight is 1420 g/mol. The minimum Gasteiger partial charge on any atom is -0.462 e. The van der Waals surface area contributed by atoms with E-state index in [9.17, 15) is 43.2 Å². The maximum atomic E-state index is 13.1. The molecule has 0 saturated heterocycles. The molecule has 0 aliphatic heterocycles. The highest BCUT2D eigenvalue weighted by Gasteiger charge is 2.30. The second-order valence-electron chi connectivity index (χ2n) is 29.8. The van der Waals surface area contributed by atoms with Crippen molar-refractivity contribution in [2.45, 2.75) is 414 Å². The summed E-state index contributed by atoms with van der Waals surface area (Å²) in [7, 11) is -9.91. The van der Waals surface area contributed by atoms with Crippen molar-refractivity contribution in [1.29, 1.82) is 0 Å². The number of hydrogen-bond donors (Lipinski definition) is 3. The van der Waals surface area contributed by atoms with E-state index < -0.39 is 97.5 Å². The summed E-state index contributed by atoms with van der Waals surface area (Å²) in [5.41, 5.74) is 0. The number of carbonyl (C=O) groups is 4. The molecule has 0 aromatic carbocycles. The van der Waals surface area contributed by atoms with E-state index in [2.05, 4.69) is 55.4 Å². The molecule has 0 aromatic rings. The Hall–Kier alpha value is -1.94. The molecule has 97 heavy (non-hydrogen) atoms. The molecule has 6 atom stereocenters. The number of aliphatic hydroxyl groups is 1. The fraction of sp³-hybridized carbons (Fsp3) is 0.949.